The van der Waals surface area contributed by atoms with Crippen LogP contribution in [0.15, 0.2) is 18.3 Å². The van der Waals surface area contributed by atoms with Crippen molar-refractivity contribution < 1.29 is 9.53 Å². The van der Waals surface area contributed by atoms with E-state index in [1.165, 1.54) is 0 Å². The van der Waals surface area contributed by atoms with Gasteiger partial charge in [0.25, 0.3) is 0 Å². The first-order valence-electron chi connectivity index (χ1n) is 7.40. The number of ketones is 1. The second kappa shape index (κ2) is 6.84. The van der Waals surface area contributed by atoms with Crippen LogP contribution in [0.3, 0.4) is 0 Å². The van der Waals surface area contributed by atoms with Gasteiger partial charge in [0, 0.05) is 30.8 Å². The number of rotatable bonds is 7. The molecule has 1 aliphatic carbocycles. The van der Waals surface area contributed by atoms with E-state index in [0.29, 0.717) is 24.4 Å². The van der Waals surface area contributed by atoms with E-state index in [9.17, 15) is 4.79 Å². The Morgan fingerprint density at radius 2 is 2.25 bits per heavy atom. The van der Waals surface area contributed by atoms with Crippen LogP contribution in [0, 0.1) is 0 Å². The molecular formula is C16H24N2O2. The number of hydrogen-bond donors (Lipinski definition) is 1. The van der Waals surface area contributed by atoms with Gasteiger partial charge in [-0.25, -0.2) is 4.98 Å². The fourth-order valence-corrected chi connectivity index (χ4v) is 2.43. The summed E-state index contributed by atoms with van der Waals surface area (Å²) in [5.41, 5.74) is 1.11. The average Bonchev–Trinajstić information content (AvgIpc) is 2.34. The molecule has 0 atom stereocenters. The highest BCUT2D eigenvalue weighted by atomic mass is 16.5. The van der Waals surface area contributed by atoms with Gasteiger partial charge >= 0.3 is 0 Å². The zero-order chi connectivity index (χ0) is 14.5. The van der Waals surface area contributed by atoms with Gasteiger partial charge in [-0.2, -0.15) is 0 Å². The SMILES string of the molecule is CC(=O)CCc1ccnc(O[C@H]2C[C@@H](NC(C)C)C2)c1. The second-order valence-electron chi connectivity index (χ2n) is 5.93. The Balaban J connectivity index is 1.79. The van der Waals surface area contributed by atoms with E-state index in [1.54, 1.807) is 13.1 Å². The van der Waals surface area contributed by atoms with Crippen molar-refractivity contribution in [1.82, 2.24) is 10.3 Å². The van der Waals surface area contributed by atoms with Crippen molar-refractivity contribution in [2.75, 3.05) is 0 Å². The summed E-state index contributed by atoms with van der Waals surface area (Å²) in [6.45, 7) is 5.94. The first-order valence-corrected chi connectivity index (χ1v) is 7.40. The molecule has 0 unspecified atom stereocenters. The summed E-state index contributed by atoms with van der Waals surface area (Å²) >= 11 is 0. The van der Waals surface area contributed by atoms with Gasteiger partial charge in [0.05, 0.1) is 0 Å². The van der Waals surface area contributed by atoms with E-state index in [4.69, 9.17) is 4.74 Å². The van der Waals surface area contributed by atoms with Crippen molar-refractivity contribution in [1.29, 1.82) is 0 Å². The molecule has 1 N–H and O–H groups in total. The predicted molar refractivity (Wildman–Crippen MR) is 78.9 cm³/mol. The van der Waals surface area contributed by atoms with Crippen LogP contribution in [0.4, 0.5) is 0 Å². The lowest BCUT2D eigenvalue weighted by Gasteiger charge is -2.36. The maximum Gasteiger partial charge on any atom is 0.213 e. The number of ether oxygens (including phenoxy) is 1. The lowest BCUT2D eigenvalue weighted by Crippen LogP contribution is -2.49. The van der Waals surface area contributed by atoms with Crippen LogP contribution in [0.25, 0.3) is 0 Å². The lowest BCUT2D eigenvalue weighted by molar-refractivity contribution is -0.116. The number of aromatic nitrogens is 1. The van der Waals surface area contributed by atoms with Crippen LogP contribution in [0.5, 0.6) is 5.88 Å². The minimum atomic E-state index is 0.214. The molecule has 0 saturated heterocycles. The highest BCUT2D eigenvalue weighted by Crippen LogP contribution is 2.25. The molecule has 0 bridgehead atoms. The van der Waals surface area contributed by atoms with Crippen molar-refractivity contribution >= 4 is 5.78 Å². The van der Waals surface area contributed by atoms with Crippen LogP contribution >= 0.6 is 0 Å². The molecule has 2 rings (SSSR count). The third-order valence-electron chi connectivity index (χ3n) is 3.52. The Bertz CT molecular complexity index is 454. The Labute approximate surface area is 120 Å². The number of carbonyl (C=O) groups excluding carboxylic acids is 1. The standard InChI is InChI=1S/C16H24N2O2/c1-11(2)18-14-9-15(10-14)20-16-8-13(6-7-17-16)5-4-12(3)19/h6-8,11,14-15,18H,4-5,9-10H2,1-3H3/t14-,15+. The smallest absolute Gasteiger partial charge is 0.213 e. The van der Waals surface area contributed by atoms with Crippen molar-refractivity contribution in [3.05, 3.63) is 23.9 Å². The third-order valence-corrected chi connectivity index (χ3v) is 3.52. The van der Waals surface area contributed by atoms with Crippen molar-refractivity contribution in [2.24, 2.45) is 0 Å². The monoisotopic (exact) mass is 276 g/mol. The summed E-state index contributed by atoms with van der Waals surface area (Å²) < 4.78 is 5.87. The molecule has 4 nitrogen and oxygen atoms in total. The molecule has 20 heavy (non-hydrogen) atoms. The van der Waals surface area contributed by atoms with Gasteiger partial charge in [-0.15, -0.1) is 0 Å². The molecule has 1 aromatic rings. The van der Waals surface area contributed by atoms with E-state index in [2.05, 4.69) is 24.1 Å². The van der Waals surface area contributed by atoms with E-state index in [1.807, 2.05) is 12.1 Å². The predicted octanol–water partition coefficient (Wildman–Crippen LogP) is 2.51. The Morgan fingerprint density at radius 1 is 1.50 bits per heavy atom. The van der Waals surface area contributed by atoms with E-state index < -0.39 is 0 Å². The molecule has 4 heteroatoms. The Hall–Kier alpha value is -1.42. The van der Waals surface area contributed by atoms with Crippen LogP contribution in [-0.4, -0.2) is 29.0 Å². The summed E-state index contributed by atoms with van der Waals surface area (Å²) in [6.07, 6.45) is 5.44. The quantitative estimate of drug-likeness (QED) is 0.831. The Morgan fingerprint density at radius 3 is 2.90 bits per heavy atom. The van der Waals surface area contributed by atoms with Gasteiger partial charge < -0.3 is 14.8 Å². The highest BCUT2D eigenvalue weighted by molar-refractivity contribution is 5.75. The molecule has 110 valence electrons. The van der Waals surface area contributed by atoms with Gasteiger partial charge in [0.2, 0.25) is 5.88 Å². The minimum absolute atomic E-state index is 0.214. The van der Waals surface area contributed by atoms with Gasteiger partial charge in [0.15, 0.2) is 0 Å². The Kier molecular flexibility index (Phi) is 5.12. The fourth-order valence-electron chi connectivity index (χ4n) is 2.43. The van der Waals surface area contributed by atoms with Gasteiger partial charge in [-0.1, -0.05) is 13.8 Å². The van der Waals surface area contributed by atoms with E-state index in [-0.39, 0.29) is 11.9 Å². The normalized spacial score (nSPS) is 21.6. The lowest BCUT2D eigenvalue weighted by atomic mass is 9.89. The highest BCUT2D eigenvalue weighted by Gasteiger charge is 2.31. The van der Waals surface area contributed by atoms with E-state index in [0.717, 1.165) is 24.8 Å². The van der Waals surface area contributed by atoms with Crippen molar-refractivity contribution in [2.45, 2.75) is 64.6 Å². The summed E-state index contributed by atoms with van der Waals surface area (Å²) in [5, 5.41) is 3.50. The number of Topliss-reactive ketones (excluding diaryl/α,β-unsaturated/α-hetero) is 1. The van der Waals surface area contributed by atoms with Crippen LogP contribution < -0.4 is 10.1 Å². The first-order chi connectivity index (χ1) is 9.52. The van der Waals surface area contributed by atoms with E-state index >= 15 is 0 Å². The number of nitrogens with zero attached hydrogens (tertiary/aromatic N) is 1. The summed E-state index contributed by atoms with van der Waals surface area (Å²) in [6, 6.07) is 4.99. The molecule has 1 heterocycles. The molecule has 0 spiro atoms. The van der Waals surface area contributed by atoms with Crippen molar-refractivity contribution in [3.8, 4) is 5.88 Å². The zero-order valence-corrected chi connectivity index (χ0v) is 12.6. The second-order valence-corrected chi connectivity index (χ2v) is 5.93. The van der Waals surface area contributed by atoms with Gasteiger partial charge in [-0.05, 0) is 37.8 Å². The number of aryl methyl sites for hydroxylation is 1. The van der Waals surface area contributed by atoms with Crippen molar-refractivity contribution in [3.63, 3.8) is 0 Å². The summed E-state index contributed by atoms with van der Waals surface area (Å²) in [5.74, 6) is 0.893. The number of carbonyl (C=O) groups is 1. The first kappa shape index (κ1) is 15.0. The maximum atomic E-state index is 11.0. The maximum absolute atomic E-state index is 11.0. The molecular weight excluding hydrogens is 252 g/mol. The molecule has 1 fully saturated rings. The largest absolute Gasteiger partial charge is 0.474 e. The number of hydrogen-bond acceptors (Lipinski definition) is 4. The molecule has 1 aliphatic rings. The number of nitrogens with one attached hydrogen (secondary N) is 1. The third kappa shape index (κ3) is 4.60. The fraction of sp³-hybridized carbons (Fsp3) is 0.625. The molecule has 0 aromatic carbocycles. The van der Waals surface area contributed by atoms with Crippen LogP contribution in [-0.2, 0) is 11.2 Å². The topological polar surface area (TPSA) is 51.2 Å². The minimum Gasteiger partial charge on any atom is -0.474 e. The molecule has 0 aliphatic heterocycles. The van der Waals surface area contributed by atoms with Crippen LogP contribution in [0.2, 0.25) is 0 Å². The average molecular weight is 276 g/mol. The van der Waals surface area contributed by atoms with Gasteiger partial charge in [0.1, 0.15) is 11.9 Å². The molecule has 1 saturated carbocycles. The molecule has 0 radical (unpaired) electrons. The number of pyridine rings is 1. The van der Waals surface area contributed by atoms with Gasteiger partial charge in [-0.3, -0.25) is 0 Å². The molecule has 1 aromatic heterocycles. The zero-order valence-electron chi connectivity index (χ0n) is 12.6. The van der Waals surface area contributed by atoms with Crippen LogP contribution in [0.1, 0.15) is 45.6 Å². The summed E-state index contributed by atoms with van der Waals surface area (Å²) in [4.78, 5) is 15.3. The molecule has 0 amide bonds. The summed E-state index contributed by atoms with van der Waals surface area (Å²) in [7, 11) is 0.